The van der Waals surface area contributed by atoms with E-state index in [2.05, 4.69) is 9.97 Å². The van der Waals surface area contributed by atoms with Crippen LogP contribution in [0.3, 0.4) is 0 Å². The number of aromatic hydroxyl groups is 1. The first kappa shape index (κ1) is 12.3. The monoisotopic (exact) mass is 281 g/mol. The van der Waals surface area contributed by atoms with Gasteiger partial charge in [0.05, 0.1) is 17.7 Å². The Kier molecular flexibility index (Phi) is 2.51. The number of carbonyl (C=O) groups excluding carboxylic acids is 1. The zero-order valence-electron chi connectivity index (χ0n) is 11.5. The van der Waals surface area contributed by atoms with Gasteiger partial charge in [0.15, 0.2) is 0 Å². The lowest BCUT2D eigenvalue weighted by molar-refractivity contribution is -0.134. The van der Waals surface area contributed by atoms with Gasteiger partial charge in [0.25, 0.3) is 0 Å². The topological polar surface area (TPSA) is 66.3 Å². The number of carbonyl (C=O) groups is 1. The molecule has 1 aromatic heterocycles. The van der Waals surface area contributed by atoms with Crippen molar-refractivity contribution in [2.45, 2.75) is 31.3 Å². The molecular weight excluding hydrogens is 266 g/mol. The molecule has 1 aliphatic heterocycles. The summed E-state index contributed by atoms with van der Waals surface area (Å²) in [6.07, 6.45) is 5.06. The van der Waals surface area contributed by atoms with E-state index in [0.29, 0.717) is 13.1 Å². The molecule has 0 atom stereocenters. The molecule has 4 rings (SSSR count). The number of phenolic OH excluding ortho intramolecular Hbond substituents is 1. The van der Waals surface area contributed by atoms with Crippen LogP contribution in [0.5, 0.6) is 5.75 Å². The first-order chi connectivity index (χ1) is 10.2. The molecule has 0 saturated heterocycles. The van der Waals surface area contributed by atoms with Crippen molar-refractivity contribution in [1.29, 1.82) is 0 Å². The van der Waals surface area contributed by atoms with Gasteiger partial charge in [0.2, 0.25) is 5.91 Å². The summed E-state index contributed by atoms with van der Waals surface area (Å²) in [5, 5.41) is 9.40. The number of nitrogens with zero attached hydrogens (tertiary/aromatic N) is 3. The molecule has 1 amide bonds. The van der Waals surface area contributed by atoms with Gasteiger partial charge in [0, 0.05) is 18.3 Å². The number of fused-ring (bicyclic) bond motifs is 1. The highest BCUT2D eigenvalue weighted by atomic mass is 16.3. The van der Waals surface area contributed by atoms with Crippen LogP contribution in [-0.2, 0) is 23.3 Å². The van der Waals surface area contributed by atoms with E-state index in [9.17, 15) is 9.90 Å². The smallest absolute Gasteiger partial charge is 0.233 e. The van der Waals surface area contributed by atoms with Crippen molar-refractivity contribution < 1.29 is 9.90 Å². The molecule has 5 heteroatoms. The Morgan fingerprint density at radius 2 is 1.95 bits per heavy atom. The summed E-state index contributed by atoms with van der Waals surface area (Å²) in [6.45, 7) is 1.16. The van der Waals surface area contributed by atoms with Crippen molar-refractivity contribution in [1.82, 2.24) is 14.9 Å². The van der Waals surface area contributed by atoms with Crippen LogP contribution in [0.15, 0.2) is 36.8 Å². The standard InChI is InChI=1S/C16H15N3O2/c20-13-3-1-12(2-4-13)16(5-6-16)15(21)19-8-11-7-17-10-18-14(11)9-19/h1-4,7,10,20H,5-6,8-9H2. The number of hydrogen-bond donors (Lipinski definition) is 1. The summed E-state index contributed by atoms with van der Waals surface area (Å²) in [4.78, 5) is 23.0. The fourth-order valence-corrected chi connectivity index (χ4v) is 3.08. The molecule has 1 aliphatic carbocycles. The van der Waals surface area contributed by atoms with E-state index in [4.69, 9.17) is 0 Å². The molecule has 1 N–H and O–H groups in total. The molecule has 1 saturated carbocycles. The normalized spacial score (nSPS) is 18.4. The SMILES string of the molecule is O=C(N1Cc2cncnc2C1)C1(c2ccc(O)cc2)CC1. The van der Waals surface area contributed by atoms with Gasteiger partial charge in [-0.3, -0.25) is 4.79 Å². The van der Waals surface area contributed by atoms with Gasteiger partial charge in [-0.05, 0) is 30.5 Å². The molecule has 2 heterocycles. The lowest BCUT2D eigenvalue weighted by atomic mass is 9.94. The van der Waals surface area contributed by atoms with E-state index in [1.165, 1.54) is 6.33 Å². The number of hydrogen-bond acceptors (Lipinski definition) is 4. The van der Waals surface area contributed by atoms with E-state index < -0.39 is 5.41 Å². The van der Waals surface area contributed by atoms with E-state index in [1.807, 2.05) is 17.0 Å². The maximum Gasteiger partial charge on any atom is 0.233 e. The minimum atomic E-state index is -0.400. The lowest BCUT2D eigenvalue weighted by Gasteiger charge is -2.23. The van der Waals surface area contributed by atoms with Crippen molar-refractivity contribution in [3.63, 3.8) is 0 Å². The average Bonchev–Trinajstić information content (AvgIpc) is 3.19. The van der Waals surface area contributed by atoms with Crippen molar-refractivity contribution in [3.8, 4) is 5.75 Å². The molecule has 0 spiro atoms. The van der Waals surface area contributed by atoms with Gasteiger partial charge in [-0.2, -0.15) is 0 Å². The third-order valence-corrected chi connectivity index (χ3v) is 4.45. The van der Waals surface area contributed by atoms with Gasteiger partial charge in [-0.25, -0.2) is 9.97 Å². The molecule has 0 radical (unpaired) electrons. The Hall–Kier alpha value is -2.43. The highest BCUT2D eigenvalue weighted by Gasteiger charge is 2.53. The van der Waals surface area contributed by atoms with Gasteiger partial charge in [0.1, 0.15) is 12.1 Å². The summed E-state index contributed by atoms with van der Waals surface area (Å²) in [5.41, 5.74) is 2.57. The fraction of sp³-hybridized carbons (Fsp3) is 0.312. The number of rotatable bonds is 2. The zero-order valence-corrected chi connectivity index (χ0v) is 11.5. The molecular formula is C16H15N3O2. The van der Waals surface area contributed by atoms with Crippen molar-refractivity contribution in [2.24, 2.45) is 0 Å². The van der Waals surface area contributed by atoms with Crippen LogP contribution in [0.4, 0.5) is 0 Å². The summed E-state index contributed by atoms with van der Waals surface area (Å²) in [5.74, 6) is 0.386. The molecule has 106 valence electrons. The van der Waals surface area contributed by atoms with Crippen LogP contribution in [0.25, 0.3) is 0 Å². The summed E-state index contributed by atoms with van der Waals surface area (Å²) < 4.78 is 0. The van der Waals surface area contributed by atoms with Crippen molar-refractivity contribution in [2.75, 3.05) is 0 Å². The third-order valence-electron chi connectivity index (χ3n) is 4.45. The second-order valence-electron chi connectivity index (χ2n) is 5.78. The Bertz CT molecular complexity index is 683. The molecule has 1 aromatic carbocycles. The summed E-state index contributed by atoms with van der Waals surface area (Å²) in [6, 6.07) is 6.99. The van der Waals surface area contributed by atoms with Crippen LogP contribution in [0.2, 0.25) is 0 Å². The summed E-state index contributed by atoms with van der Waals surface area (Å²) in [7, 11) is 0. The second-order valence-corrected chi connectivity index (χ2v) is 5.78. The highest BCUT2D eigenvalue weighted by Crippen LogP contribution is 2.50. The van der Waals surface area contributed by atoms with Gasteiger partial charge < -0.3 is 10.0 Å². The molecule has 2 aromatic rings. The van der Waals surface area contributed by atoms with Crippen LogP contribution in [-0.4, -0.2) is 25.9 Å². The van der Waals surface area contributed by atoms with E-state index in [1.54, 1.807) is 18.3 Å². The van der Waals surface area contributed by atoms with E-state index in [0.717, 1.165) is 29.7 Å². The molecule has 1 fully saturated rings. The van der Waals surface area contributed by atoms with Crippen LogP contribution < -0.4 is 0 Å². The minimum absolute atomic E-state index is 0.159. The largest absolute Gasteiger partial charge is 0.508 e. The quantitative estimate of drug-likeness (QED) is 0.911. The Morgan fingerprint density at radius 1 is 1.19 bits per heavy atom. The molecule has 2 aliphatic rings. The van der Waals surface area contributed by atoms with Crippen LogP contribution >= 0.6 is 0 Å². The maximum absolute atomic E-state index is 12.9. The predicted octanol–water partition coefficient (Wildman–Crippen LogP) is 1.76. The highest BCUT2D eigenvalue weighted by molar-refractivity contribution is 5.91. The number of phenols is 1. The third kappa shape index (κ3) is 1.88. The van der Waals surface area contributed by atoms with Gasteiger partial charge in [-0.15, -0.1) is 0 Å². The zero-order chi connectivity index (χ0) is 14.4. The Morgan fingerprint density at radius 3 is 2.62 bits per heavy atom. The number of aromatic nitrogens is 2. The van der Waals surface area contributed by atoms with Crippen molar-refractivity contribution in [3.05, 3.63) is 53.6 Å². The lowest BCUT2D eigenvalue weighted by Crippen LogP contribution is -2.35. The Labute approximate surface area is 122 Å². The van der Waals surface area contributed by atoms with Gasteiger partial charge in [-0.1, -0.05) is 12.1 Å². The predicted molar refractivity (Wildman–Crippen MR) is 75.3 cm³/mol. The van der Waals surface area contributed by atoms with Crippen molar-refractivity contribution >= 4 is 5.91 Å². The van der Waals surface area contributed by atoms with Crippen LogP contribution in [0.1, 0.15) is 29.7 Å². The Balaban J connectivity index is 1.60. The van der Waals surface area contributed by atoms with Crippen LogP contribution in [0, 0.1) is 0 Å². The molecule has 0 unspecified atom stereocenters. The maximum atomic E-state index is 12.9. The fourth-order valence-electron chi connectivity index (χ4n) is 3.08. The van der Waals surface area contributed by atoms with Gasteiger partial charge >= 0.3 is 0 Å². The van der Waals surface area contributed by atoms with E-state index >= 15 is 0 Å². The molecule has 21 heavy (non-hydrogen) atoms. The second kappa shape index (κ2) is 4.28. The average molecular weight is 281 g/mol. The minimum Gasteiger partial charge on any atom is -0.508 e. The first-order valence-corrected chi connectivity index (χ1v) is 7.06. The van der Waals surface area contributed by atoms with E-state index in [-0.39, 0.29) is 11.7 Å². The molecule has 0 bridgehead atoms. The number of amides is 1. The summed E-state index contributed by atoms with van der Waals surface area (Å²) >= 11 is 0. The molecule has 5 nitrogen and oxygen atoms in total. The first-order valence-electron chi connectivity index (χ1n) is 7.06. The number of benzene rings is 1.